The van der Waals surface area contributed by atoms with E-state index in [1.807, 2.05) is 18.2 Å². The molecular weight excluding hydrogens is 298 g/mol. The van der Waals surface area contributed by atoms with E-state index in [1.165, 1.54) is 0 Å². The number of hydrogen-bond acceptors (Lipinski definition) is 4. The van der Waals surface area contributed by atoms with E-state index in [0.29, 0.717) is 33.0 Å². The quantitative estimate of drug-likeness (QED) is 0.710. The molecule has 0 radical (unpaired) electrons. The van der Waals surface area contributed by atoms with Gasteiger partial charge in [0.15, 0.2) is 0 Å². The highest BCUT2D eigenvalue weighted by Crippen LogP contribution is 2.28. The highest BCUT2D eigenvalue weighted by molar-refractivity contribution is 9.10. The number of nitrogens with two attached hydrogens (primary N) is 1. The second kappa shape index (κ2) is 9.33. The lowest BCUT2D eigenvalue weighted by atomic mass is 10.2. The summed E-state index contributed by atoms with van der Waals surface area (Å²) < 4.78 is 16.9. The molecule has 18 heavy (non-hydrogen) atoms. The molecule has 0 unspecified atom stereocenters. The molecule has 0 saturated carbocycles. The van der Waals surface area contributed by atoms with Crippen molar-refractivity contribution in [3.63, 3.8) is 0 Å². The zero-order valence-corrected chi connectivity index (χ0v) is 12.2. The van der Waals surface area contributed by atoms with E-state index in [0.717, 1.165) is 22.2 Å². The van der Waals surface area contributed by atoms with E-state index in [4.69, 9.17) is 19.9 Å². The van der Waals surface area contributed by atoms with Gasteiger partial charge in [-0.1, -0.05) is 12.1 Å². The van der Waals surface area contributed by atoms with Crippen LogP contribution < -0.4 is 10.5 Å². The van der Waals surface area contributed by atoms with E-state index in [2.05, 4.69) is 15.9 Å². The number of rotatable bonds is 9. The van der Waals surface area contributed by atoms with E-state index < -0.39 is 0 Å². The van der Waals surface area contributed by atoms with Gasteiger partial charge < -0.3 is 19.9 Å². The fourth-order valence-corrected chi connectivity index (χ4v) is 1.98. The van der Waals surface area contributed by atoms with Crippen LogP contribution in [0.5, 0.6) is 5.75 Å². The van der Waals surface area contributed by atoms with Crippen LogP contribution in [0.3, 0.4) is 0 Å². The lowest BCUT2D eigenvalue weighted by molar-refractivity contribution is 0.0643. The van der Waals surface area contributed by atoms with Gasteiger partial charge >= 0.3 is 0 Å². The molecule has 102 valence electrons. The van der Waals surface area contributed by atoms with Crippen LogP contribution in [0, 0.1) is 0 Å². The fraction of sp³-hybridized carbons (Fsp3) is 0.538. The third-order valence-corrected chi connectivity index (χ3v) is 3.00. The van der Waals surface area contributed by atoms with Crippen LogP contribution in [-0.4, -0.2) is 33.5 Å². The van der Waals surface area contributed by atoms with Gasteiger partial charge in [0.1, 0.15) is 5.75 Å². The predicted octanol–water partition coefficient (Wildman–Crippen LogP) is 2.34. The smallest absolute Gasteiger partial charge is 0.137 e. The average molecular weight is 318 g/mol. The predicted molar refractivity (Wildman–Crippen MR) is 74.8 cm³/mol. The van der Waals surface area contributed by atoms with Crippen molar-refractivity contribution in [2.45, 2.75) is 13.0 Å². The average Bonchev–Trinajstić information content (AvgIpc) is 2.39. The monoisotopic (exact) mass is 317 g/mol. The van der Waals surface area contributed by atoms with E-state index >= 15 is 0 Å². The SMILES string of the molecule is COCCOCCCOc1c(Br)cccc1CN. The maximum absolute atomic E-state index is 5.73. The first kappa shape index (κ1) is 15.4. The second-order valence-corrected chi connectivity index (χ2v) is 4.59. The van der Waals surface area contributed by atoms with E-state index in [9.17, 15) is 0 Å². The van der Waals surface area contributed by atoms with Crippen molar-refractivity contribution in [1.82, 2.24) is 0 Å². The molecule has 0 bridgehead atoms. The van der Waals surface area contributed by atoms with Gasteiger partial charge in [0.05, 0.1) is 24.3 Å². The zero-order chi connectivity index (χ0) is 13.2. The normalized spacial score (nSPS) is 10.6. The van der Waals surface area contributed by atoms with Crippen LogP contribution in [0.25, 0.3) is 0 Å². The van der Waals surface area contributed by atoms with Crippen molar-refractivity contribution in [2.24, 2.45) is 5.73 Å². The molecule has 0 aliphatic carbocycles. The molecule has 0 amide bonds. The summed E-state index contributed by atoms with van der Waals surface area (Å²) in [6, 6.07) is 5.87. The molecule has 0 spiro atoms. The molecule has 0 atom stereocenters. The minimum atomic E-state index is 0.471. The Kier molecular flexibility index (Phi) is 8.00. The Bertz CT molecular complexity index is 347. The molecule has 0 fully saturated rings. The number of hydrogen-bond donors (Lipinski definition) is 1. The number of benzene rings is 1. The molecule has 2 N–H and O–H groups in total. The molecule has 1 rings (SSSR count). The van der Waals surface area contributed by atoms with E-state index in [-0.39, 0.29) is 0 Å². The molecule has 4 nitrogen and oxygen atoms in total. The van der Waals surface area contributed by atoms with Crippen LogP contribution in [0.1, 0.15) is 12.0 Å². The summed E-state index contributed by atoms with van der Waals surface area (Å²) in [7, 11) is 1.66. The van der Waals surface area contributed by atoms with Crippen molar-refractivity contribution in [3.8, 4) is 5.75 Å². The maximum atomic E-state index is 5.73. The molecule has 0 heterocycles. The molecule has 0 aromatic heterocycles. The Morgan fingerprint density at radius 1 is 1.17 bits per heavy atom. The van der Waals surface area contributed by atoms with Crippen LogP contribution in [0.4, 0.5) is 0 Å². The Hall–Kier alpha value is -0.620. The lowest BCUT2D eigenvalue weighted by Gasteiger charge is -2.12. The molecule has 0 saturated heterocycles. The highest BCUT2D eigenvalue weighted by atomic mass is 79.9. The zero-order valence-electron chi connectivity index (χ0n) is 10.7. The summed E-state index contributed by atoms with van der Waals surface area (Å²) in [5.41, 5.74) is 6.67. The first-order valence-corrected chi connectivity index (χ1v) is 6.75. The number of methoxy groups -OCH3 is 1. The second-order valence-electron chi connectivity index (χ2n) is 3.74. The maximum Gasteiger partial charge on any atom is 0.137 e. The third kappa shape index (κ3) is 5.35. The van der Waals surface area contributed by atoms with Crippen molar-refractivity contribution >= 4 is 15.9 Å². The van der Waals surface area contributed by atoms with Gasteiger partial charge in [0, 0.05) is 32.2 Å². The van der Waals surface area contributed by atoms with Crippen LogP contribution in [0.2, 0.25) is 0 Å². The largest absolute Gasteiger partial charge is 0.492 e. The van der Waals surface area contributed by atoms with Gasteiger partial charge in [-0.15, -0.1) is 0 Å². The van der Waals surface area contributed by atoms with Gasteiger partial charge in [0.2, 0.25) is 0 Å². The van der Waals surface area contributed by atoms with Crippen LogP contribution in [0.15, 0.2) is 22.7 Å². The molecular formula is C13H20BrNO3. The third-order valence-electron chi connectivity index (χ3n) is 2.38. The van der Waals surface area contributed by atoms with Gasteiger partial charge in [0.25, 0.3) is 0 Å². The number of ether oxygens (including phenoxy) is 3. The van der Waals surface area contributed by atoms with Gasteiger partial charge in [-0.3, -0.25) is 0 Å². The molecule has 1 aromatic rings. The number of para-hydroxylation sites is 1. The van der Waals surface area contributed by atoms with Gasteiger partial charge in [-0.2, -0.15) is 0 Å². The standard InChI is InChI=1S/C13H20BrNO3/c1-16-8-9-17-6-3-7-18-13-11(10-15)4-2-5-12(13)14/h2,4-5H,3,6-10,15H2,1H3. The summed E-state index contributed by atoms with van der Waals surface area (Å²) >= 11 is 3.46. The highest BCUT2D eigenvalue weighted by Gasteiger charge is 2.06. The summed E-state index contributed by atoms with van der Waals surface area (Å²) in [5.74, 6) is 0.830. The first-order valence-electron chi connectivity index (χ1n) is 5.96. The van der Waals surface area contributed by atoms with Crippen molar-refractivity contribution < 1.29 is 14.2 Å². The van der Waals surface area contributed by atoms with E-state index in [1.54, 1.807) is 7.11 Å². The first-order chi connectivity index (χ1) is 8.79. The Morgan fingerprint density at radius 2 is 2.00 bits per heavy atom. The fourth-order valence-electron chi connectivity index (χ4n) is 1.46. The van der Waals surface area contributed by atoms with Crippen LogP contribution >= 0.6 is 15.9 Å². The Balaban J connectivity index is 2.26. The van der Waals surface area contributed by atoms with Crippen LogP contribution in [-0.2, 0) is 16.0 Å². The van der Waals surface area contributed by atoms with Crippen molar-refractivity contribution in [1.29, 1.82) is 0 Å². The molecule has 1 aromatic carbocycles. The Labute approximate surface area is 117 Å². The Morgan fingerprint density at radius 3 is 2.72 bits per heavy atom. The summed E-state index contributed by atoms with van der Waals surface area (Å²) in [6.07, 6.45) is 0.842. The molecule has 0 aliphatic heterocycles. The van der Waals surface area contributed by atoms with Gasteiger partial charge in [-0.25, -0.2) is 0 Å². The topological polar surface area (TPSA) is 53.7 Å². The summed E-state index contributed by atoms with van der Waals surface area (Å²) in [6.45, 7) is 3.01. The van der Waals surface area contributed by atoms with Crippen molar-refractivity contribution in [3.05, 3.63) is 28.2 Å². The minimum absolute atomic E-state index is 0.471. The lowest BCUT2D eigenvalue weighted by Crippen LogP contribution is -2.08. The number of halogens is 1. The minimum Gasteiger partial charge on any atom is -0.492 e. The van der Waals surface area contributed by atoms with Gasteiger partial charge in [-0.05, 0) is 22.0 Å². The summed E-state index contributed by atoms with van der Waals surface area (Å²) in [4.78, 5) is 0. The molecule has 5 heteroatoms. The molecule has 0 aliphatic rings. The van der Waals surface area contributed by atoms with Crippen molar-refractivity contribution in [2.75, 3.05) is 33.5 Å². The summed E-state index contributed by atoms with van der Waals surface area (Å²) in [5, 5.41) is 0.